The minimum absolute atomic E-state index is 0.00305. The normalized spacial score (nSPS) is 18.4. The summed E-state index contributed by atoms with van der Waals surface area (Å²) in [7, 11) is 0. The molecule has 0 radical (unpaired) electrons. The van der Waals surface area contributed by atoms with Gasteiger partial charge < -0.3 is 4.90 Å². The summed E-state index contributed by atoms with van der Waals surface area (Å²) in [4.78, 5) is 20.8. The molecule has 2 heterocycles. The molecule has 1 aliphatic rings. The minimum atomic E-state index is 0.00305. The zero-order valence-electron chi connectivity index (χ0n) is 13.5. The fourth-order valence-corrected chi connectivity index (χ4v) is 3.21. The van der Waals surface area contributed by atoms with E-state index in [2.05, 4.69) is 22.0 Å². The molecule has 0 spiro atoms. The van der Waals surface area contributed by atoms with Crippen LogP contribution in [0.3, 0.4) is 0 Å². The van der Waals surface area contributed by atoms with E-state index in [1.165, 1.54) is 5.56 Å². The molecular weight excluding hydrogens is 262 g/mol. The number of likely N-dealkylation sites (tertiary alicyclic amines) is 1. The predicted octanol–water partition coefficient (Wildman–Crippen LogP) is 2.52. The second kappa shape index (κ2) is 7.55. The van der Waals surface area contributed by atoms with Crippen LogP contribution in [0.2, 0.25) is 0 Å². The Kier molecular flexibility index (Phi) is 5.74. The minimum Gasteiger partial charge on any atom is -0.342 e. The third-order valence-electron chi connectivity index (χ3n) is 4.69. The highest BCUT2D eigenvalue weighted by molar-refractivity contribution is 5.81. The first-order valence-electron chi connectivity index (χ1n) is 8.10. The van der Waals surface area contributed by atoms with Gasteiger partial charge in [0.05, 0.1) is 6.04 Å². The number of likely N-dealkylation sites (N-methyl/N-ethyl adjacent to an activating group) is 1. The second-order valence-electron chi connectivity index (χ2n) is 5.78. The Morgan fingerprint density at radius 1 is 1.29 bits per heavy atom. The van der Waals surface area contributed by atoms with Crippen LogP contribution in [0.4, 0.5) is 0 Å². The van der Waals surface area contributed by atoms with Crippen LogP contribution >= 0.6 is 0 Å². The Hall–Kier alpha value is -1.42. The lowest BCUT2D eigenvalue weighted by atomic mass is 9.89. The van der Waals surface area contributed by atoms with Crippen molar-refractivity contribution < 1.29 is 4.79 Å². The first-order valence-corrected chi connectivity index (χ1v) is 8.10. The first kappa shape index (κ1) is 16.0. The van der Waals surface area contributed by atoms with E-state index < -0.39 is 0 Å². The van der Waals surface area contributed by atoms with Crippen molar-refractivity contribution in [1.29, 1.82) is 0 Å². The van der Waals surface area contributed by atoms with E-state index in [0.717, 1.165) is 39.0 Å². The van der Waals surface area contributed by atoms with Gasteiger partial charge in [0.2, 0.25) is 5.91 Å². The molecule has 4 heteroatoms. The average molecular weight is 289 g/mol. The number of piperidine rings is 1. The molecule has 21 heavy (non-hydrogen) atoms. The Morgan fingerprint density at radius 3 is 2.38 bits per heavy atom. The molecule has 1 aliphatic heterocycles. The smallest absolute Gasteiger partial charge is 0.239 e. The standard InChI is InChI=1S/C17H27N3O/c1-4-19(5-2)17(21)14(3)20-12-8-16(9-13-20)15-6-10-18-11-7-15/h6-7,10-11,14,16H,4-5,8-9,12-13H2,1-3H3/t14-/m0/s1. The molecule has 1 saturated heterocycles. The molecule has 4 nitrogen and oxygen atoms in total. The second-order valence-corrected chi connectivity index (χ2v) is 5.78. The van der Waals surface area contributed by atoms with Crippen LogP contribution in [-0.4, -0.2) is 52.9 Å². The molecule has 1 aromatic heterocycles. The van der Waals surface area contributed by atoms with Crippen molar-refractivity contribution in [3.05, 3.63) is 30.1 Å². The molecule has 1 aromatic rings. The van der Waals surface area contributed by atoms with Crippen LogP contribution in [0.25, 0.3) is 0 Å². The van der Waals surface area contributed by atoms with Crippen molar-refractivity contribution in [2.45, 2.75) is 45.6 Å². The van der Waals surface area contributed by atoms with Gasteiger partial charge in [-0.05, 0) is 70.3 Å². The van der Waals surface area contributed by atoms with Crippen LogP contribution in [0, 0.1) is 0 Å². The van der Waals surface area contributed by atoms with Gasteiger partial charge in [-0.1, -0.05) is 0 Å². The Morgan fingerprint density at radius 2 is 1.86 bits per heavy atom. The molecule has 1 amide bonds. The topological polar surface area (TPSA) is 36.4 Å². The van der Waals surface area contributed by atoms with Gasteiger partial charge in [-0.15, -0.1) is 0 Å². The summed E-state index contributed by atoms with van der Waals surface area (Å²) in [6.07, 6.45) is 5.99. The van der Waals surface area contributed by atoms with Crippen molar-refractivity contribution in [3.63, 3.8) is 0 Å². The maximum atomic E-state index is 12.4. The van der Waals surface area contributed by atoms with Crippen molar-refractivity contribution >= 4 is 5.91 Å². The molecule has 0 N–H and O–H groups in total. The molecule has 0 aromatic carbocycles. The van der Waals surface area contributed by atoms with Crippen molar-refractivity contribution in [2.75, 3.05) is 26.2 Å². The number of nitrogens with zero attached hydrogens (tertiary/aromatic N) is 3. The third kappa shape index (κ3) is 3.82. The van der Waals surface area contributed by atoms with Crippen molar-refractivity contribution in [2.24, 2.45) is 0 Å². The van der Waals surface area contributed by atoms with Gasteiger partial charge in [0.15, 0.2) is 0 Å². The largest absolute Gasteiger partial charge is 0.342 e. The maximum absolute atomic E-state index is 12.4. The fourth-order valence-electron chi connectivity index (χ4n) is 3.21. The van der Waals surface area contributed by atoms with Crippen LogP contribution in [0.1, 0.15) is 45.1 Å². The summed E-state index contributed by atoms with van der Waals surface area (Å²) in [5, 5.41) is 0. The molecule has 2 rings (SSSR count). The van der Waals surface area contributed by atoms with E-state index in [9.17, 15) is 4.79 Å². The Labute approximate surface area is 128 Å². The zero-order chi connectivity index (χ0) is 15.2. The lowest BCUT2D eigenvalue weighted by Gasteiger charge is -2.37. The maximum Gasteiger partial charge on any atom is 0.239 e. The number of amides is 1. The summed E-state index contributed by atoms with van der Waals surface area (Å²) in [5.41, 5.74) is 1.38. The highest BCUT2D eigenvalue weighted by atomic mass is 16.2. The SMILES string of the molecule is CCN(CC)C(=O)[C@H](C)N1CCC(c2ccncc2)CC1. The Balaban J connectivity index is 1.90. The van der Waals surface area contributed by atoms with E-state index in [1.54, 1.807) is 0 Å². The molecule has 116 valence electrons. The zero-order valence-corrected chi connectivity index (χ0v) is 13.5. The van der Waals surface area contributed by atoms with Gasteiger partial charge in [-0.25, -0.2) is 0 Å². The number of rotatable bonds is 5. The van der Waals surface area contributed by atoms with E-state index in [4.69, 9.17) is 0 Å². The molecule has 0 saturated carbocycles. The van der Waals surface area contributed by atoms with Gasteiger partial charge in [-0.2, -0.15) is 0 Å². The molecule has 0 aliphatic carbocycles. The van der Waals surface area contributed by atoms with Gasteiger partial charge in [0.1, 0.15) is 0 Å². The highest BCUT2D eigenvalue weighted by Crippen LogP contribution is 2.28. The van der Waals surface area contributed by atoms with Crippen LogP contribution < -0.4 is 0 Å². The number of hydrogen-bond donors (Lipinski definition) is 0. The van der Waals surface area contributed by atoms with Crippen molar-refractivity contribution in [1.82, 2.24) is 14.8 Å². The monoisotopic (exact) mass is 289 g/mol. The van der Waals surface area contributed by atoms with Crippen LogP contribution in [-0.2, 0) is 4.79 Å². The summed E-state index contributed by atoms with van der Waals surface area (Å²) < 4.78 is 0. The fraction of sp³-hybridized carbons (Fsp3) is 0.647. The average Bonchev–Trinajstić information content (AvgIpc) is 2.56. The third-order valence-corrected chi connectivity index (χ3v) is 4.69. The lowest BCUT2D eigenvalue weighted by Crippen LogP contribution is -2.49. The van der Waals surface area contributed by atoms with E-state index in [1.807, 2.05) is 38.1 Å². The quantitative estimate of drug-likeness (QED) is 0.835. The highest BCUT2D eigenvalue weighted by Gasteiger charge is 2.28. The van der Waals surface area contributed by atoms with E-state index in [-0.39, 0.29) is 11.9 Å². The predicted molar refractivity (Wildman–Crippen MR) is 85.2 cm³/mol. The lowest BCUT2D eigenvalue weighted by molar-refractivity contribution is -0.136. The van der Waals surface area contributed by atoms with E-state index >= 15 is 0 Å². The van der Waals surface area contributed by atoms with Crippen LogP contribution in [0.5, 0.6) is 0 Å². The van der Waals surface area contributed by atoms with Crippen LogP contribution in [0.15, 0.2) is 24.5 Å². The van der Waals surface area contributed by atoms with Gasteiger partial charge in [0, 0.05) is 25.5 Å². The summed E-state index contributed by atoms with van der Waals surface area (Å²) >= 11 is 0. The molecule has 1 atom stereocenters. The number of carbonyl (C=O) groups excluding carboxylic acids is 1. The van der Waals surface area contributed by atoms with E-state index in [0.29, 0.717) is 5.92 Å². The van der Waals surface area contributed by atoms with Gasteiger partial charge >= 0.3 is 0 Å². The summed E-state index contributed by atoms with van der Waals surface area (Å²) in [6.45, 7) is 9.74. The molecule has 0 unspecified atom stereocenters. The first-order chi connectivity index (χ1) is 10.2. The number of pyridine rings is 1. The summed E-state index contributed by atoms with van der Waals surface area (Å²) in [5.74, 6) is 0.877. The molecular formula is C17H27N3O. The number of hydrogen-bond acceptors (Lipinski definition) is 3. The number of aromatic nitrogens is 1. The van der Waals surface area contributed by atoms with Crippen molar-refractivity contribution in [3.8, 4) is 0 Å². The Bertz CT molecular complexity index is 437. The molecule has 0 bridgehead atoms. The van der Waals surface area contributed by atoms with Gasteiger partial charge in [-0.3, -0.25) is 14.7 Å². The van der Waals surface area contributed by atoms with Gasteiger partial charge in [0.25, 0.3) is 0 Å². The number of carbonyl (C=O) groups is 1. The summed E-state index contributed by atoms with van der Waals surface area (Å²) in [6, 6.07) is 4.23. The molecule has 1 fully saturated rings.